The van der Waals surface area contributed by atoms with Crippen LogP contribution in [-0.2, 0) is 5.88 Å². The summed E-state index contributed by atoms with van der Waals surface area (Å²) in [5, 5.41) is 0. The summed E-state index contributed by atoms with van der Waals surface area (Å²) in [5.74, 6) is 0.189. The molecule has 3 heteroatoms. The summed E-state index contributed by atoms with van der Waals surface area (Å²) in [7, 11) is 0. The van der Waals surface area contributed by atoms with Crippen LogP contribution in [0.5, 0.6) is 0 Å². The zero-order valence-corrected chi connectivity index (χ0v) is 9.63. The molecule has 0 aliphatic carbocycles. The molecule has 0 bridgehead atoms. The van der Waals surface area contributed by atoms with Crippen molar-refractivity contribution in [3.63, 3.8) is 0 Å². The van der Waals surface area contributed by atoms with Gasteiger partial charge >= 0.3 is 0 Å². The Hall–Kier alpha value is -1.41. The van der Waals surface area contributed by atoms with Crippen LogP contribution in [0.4, 0.5) is 4.39 Å². The third-order valence-corrected chi connectivity index (χ3v) is 2.73. The molecule has 82 valence electrons. The third kappa shape index (κ3) is 2.22. The fraction of sp³-hybridized carbons (Fsp3) is 0.154. The van der Waals surface area contributed by atoms with E-state index in [1.165, 1.54) is 12.1 Å². The SMILES string of the molecule is Cc1cc(F)ccc1-c1ccc(CCl)nc1. The molecule has 0 aliphatic rings. The Balaban J connectivity index is 2.42. The summed E-state index contributed by atoms with van der Waals surface area (Å²) in [6, 6.07) is 8.57. The van der Waals surface area contributed by atoms with Crippen molar-refractivity contribution in [1.29, 1.82) is 0 Å². The van der Waals surface area contributed by atoms with Crippen molar-refractivity contribution in [1.82, 2.24) is 4.98 Å². The van der Waals surface area contributed by atoms with Gasteiger partial charge in [0, 0.05) is 11.8 Å². The number of nitrogens with zero attached hydrogens (tertiary/aromatic N) is 1. The number of benzene rings is 1. The van der Waals surface area contributed by atoms with Gasteiger partial charge in [0.25, 0.3) is 0 Å². The van der Waals surface area contributed by atoms with E-state index in [2.05, 4.69) is 4.98 Å². The highest BCUT2D eigenvalue weighted by Crippen LogP contribution is 2.23. The van der Waals surface area contributed by atoms with Gasteiger partial charge in [0.05, 0.1) is 11.6 Å². The van der Waals surface area contributed by atoms with Gasteiger partial charge in [-0.1, -0.05) is 12.1 Å². The van der Waals surface area contributed by atoms with Gasteiger partial charge in [-0.3, -0.25) is 4.98 Å². The van der Waals surface area contributed by atoms with Gasteiger partial charge in [-0.2, -0.15) is 0 Å². The Morgan fingerprint density at radius 3 is 2.62 bits per heavy atom. The number of hydrogen-bond donors (Lipinski definition) is 0. The second-order valence-electron chi connectivity index (χ2n) is 3.63. The summed E-state index contributed by atoms with van der Waals surface area (Å²) in [6.07, 6.45) is 1.76. The molecule has 0 N–H and O–H groups in total. The van der Waals surface area contributed by atoms with E-state index in [0.717, 1.165) is 22.4 Å². The van der Waals surface area contributed by atoms with E-state index in [-0.39, 0.29) is 5.82 Å². The van der Waals surface area contributed by atoms with Crippen LogP contribution in [0.15, 0.2) is 36.5 Å². The minimum Gasteiger partial charge on any atom is -0.259 e. The fourth-order valence-corrected chi connectivity index (χ4v) is 1.77. The van der Waals surface area contributed by atoms with Crippen molar-refractivity contribution in [2.75, 3.05) is 0 Å². The minimum absolute atomic E-state index is 0.216. The largest absolute Gasteiger partial charge is 0.259 e. The number of pyridine rings is 1. The van der Waals surface area contributed by atoms with E-state index >= 15 is 0 Å². The summed E-state index contributed by atoms with van der Waals surface area (Å²) in [5.41, 5.74) is 3.71. The minimum atomic E-state index is -0.216. The van der Waals surface area contributed by atoms with Crippen LogP contribution < -0.4 is 0 Å². The van der Waals surface area contributed by atoms with Crippen LogP contribution in [-0.4, -0.2) is 4.98 Å². The molecular formula is C13H11ClFN. The summed E-state index contributed by atoms with van der Waals surface area (Å²) < 4.78 is 12.9. The number of aryl methyl sites for hydroxylation is 1. The van der Waals surface area contributed by atoms with E-state index in [4.69, 9.17) is 11.6 Å². The lowest BCUT2D eigenvalue weighted by atomic mass is 10.0. The van der Waals surface area contributed by atoms with Gasteiger partial charge in [-0.05, 0) is 36.2 Å². The maximum Gasteiger partial charge on any atom is 0.123 e. The van der Waals surface area contributed by atoms with E-state index in [0.29, 0.717) is 5.88 Å². The highest BCUT2D eigenvalue weighted by atomic mass is 35.5. The maximum atomic E-state index is 12.9. The smallest absolute Gasteiger partial charge is 0.123 e. The Kier molecular flexibility index (Phi) is 3.20. The molecule has 0 radical (unpaired) electrons. The van der Waals surface area contributed by atoms with Crippen LogP contribution in [0.3, 0.4) is 0 Å². The Morgan fingerprint density at radius 1 is 1.25 bits per heavy atom. The molecule has 0 aliphatic heterocycles. The normalized spacial score (nSPS) is 10.4. The van der Waals surface area contributed by atoms with Gasteiger partial charge in [0.2, 0.25) is 0 Å². The molecule has 1 aromatic heterocycles. The van der Waals surface area contributed by atoms with Gasteiger partial charge in [0.15, 0.2) is 0 Å². The van der Waals surface area contributed by atoms with Crippen LogP contribution in [0, 0.1) is 12.7 Å². The van der Waals surface area contributed by atoms with Crippen LogP contribution >= 0.6 is 11.6 Å². The predicted octanol–water partition coefficient (Wildman–Crippen LogP) is 3.93. The summed E-state index contributed by atoms with van der Waals surface area (Å²) >= 11 is 5.67. The molecule has 2 rings (SSSR count). The molecule has 16 heavy (non-hydrogen) atoms. The summed E-state index contributed by atoms with van der Waals surface area (Å²) in [4.78, 5) is 4.21. The van der Waals surface area contributed by atoms with E-state index in [1.54, 1.807) is 12.3 Å². The van der Waals surface area contributed by atoms with Crippen molar-refractivity contribution in [3.05, 3.63) is 53.6 Å². The van der Waals surface area contributed by atoms with Crippen molar-refractivity contribution < 1.29 is 4.39 Å². The first kappa shape index (κ1) is 11.1. The number of halogens is 2. The quantitative estimate of drug-likeness (QED) is 0.719. The topological polar surface area (TPSA) is 12.9 Å². The van der Waals surface area contributed by atoms with Gasteiger partial charge in [-0.25, -0.2) is 4.39 Å². The highest BCUT2D eigenvalue weighted by Gasteiger charge is 2.03. The lowest BCUT2D eigenvalue weighted by Gasteiger charge is -2.06. The molecule has 0 saturated heterocycles. The van der Waals surface area contributed by atoms with Gasteiger partial charge in [-0.15, -0.1) is 11.6 Å². The van der Waals surface area contributed by atoms with Crippen molar-refractivity contribution >= 4 is 11.6 Å². The lowest BCUT2D eigenvalue weighted by Crippen LogP contribution is -1.88. The molecule has 1 nitrogen and oxygen atoms in total. The van der Waals surface area contributed by atoms with Crippen molar-refractivity contribution in [2.45, 2.75) is 12.8 Å². The van der Waals surface area contributed by atoms with Crippen molar-refractivity contribution in [3.8, 4) is 11.1 Å². The molecule has 0 amide bonds. The Bertz CT molecular complexity index is 494. The number of aromatic nitrogens is 1. The predicted molar refractivity (Wildman–Crippen MR) is 63.9 cm³/mol. The number of hydrogen-bond acceptors (Lipinski definition) is 1. The first-order valence-electron chi connectivity index (χ1n) is 4.98. The van der Waals surface area contributed by atoms with Crippen LogP contribution in [0.2, 0.25) is 0 Å². The second kappa shape index (κ2) is 4.62. The molecule has 0 spiro atoms. The molecule has 0 unspecified atom stereocenters. The van der Waals surface area contributed by atoms with E-state index < -0.39 is 0 Å². The zero-order chi connectivity index (χ0) is 11.5. The Labute approximate surface area is 98.9 Å². The van der Waals surface area contributed by atoms with Gasteiger partial charge < -0.3 is 0 Å². The van der Waals surface area contributed by atoms with E-state index in [9.17, 15) is 4.39 Å². The molecule has 0 saturated carbocycles. The van der Waals surface area contributed by atoms with Crippen LogP contribution in [0.1, 0.15) is 11.3 Å². The Morgan fingerprint density at radius 2 is 2.06 bits per heavy atom. The summed E-state index contributed by atoms with van der Waals surface area (Å²) in [6.45, 7) is 1.88. The monoisotopic (exact) mass is 235 g/mol. The highest BCUT2D eigenvalue weighted by molar-refractivity contribution is 6.16. The third-order valence-electron chi connectivity index (χ3n) is 2.46. The first-order chi connectivity index (χ1) is 7.70. The number of alkyl halides is 1. The first-order valence-corrected chi connectivity index (χ1v) is 5.51. The molecule has 1 aromatic carbocycles. The number of rotatable bonds is 2. The molecule has 1 heterocycles. The van der Waals surface area contributed by atoms with Crippen molar-refractivity contribution in [2.24, 2.45) is 0 Å². The average molecular weight is 236 g/mol. The lowest BCUT2D eigenvalue weighted by molar-refractivity contribution is 0.627. The van der Waals surface area contributed by atoms with E-state index in [1.807, 2.05) is 19.1 Å². The molecule has 2 aromatic rings. The standard InChI is InChI=1S/C13H11ClFN/c1-9-6-11(15)3-5-13(9)10-2-4-12(7-14)16-8-10/h2-6,8H,7H2,1H3. The van der Waals surface area contributed by atoms with Gasteiger partial charge in [0.1, 0.15) is 5.82 Å². The second-order valence-corrected chi connectivity index (χ2v) is 3.90. The zero-order valence-electron chi connectivity index (χ0n) is 8.87. The average Bonchev–Trinajstić information content (AvgIpc) is 2.29. The van der Waals surface area contributed by atoms with Crippen LogP contribution in [0.25, 0.3) is 11.1 Å². The fourth-order valence-electron chi connectivity index (χ4n) is 1.61. The maximum absolute atomic E-state index is 12.9. The molecular weight excluding hydrogens is 225 g/mol. The molecule has 0 atom stereocenters. The molecule has 0 fully saturated rings.